The summed E-state index contributed by atoms with van der Waals surface area (Å²) in [5.74, 6) is 0.233. The third kappa shape index (κ3) is 2.07. The predicted octanol–water partition coefficient (Wildman–Crippen LogP) is 1.17. The Morgan fingerprint density at radius 1 is 1.50 bits per heavy atom. The number of hydrogen-bond donors (Lipinski definition) is 1. The van der Waals surface area contributed by atoms with E-state index in [1.54, 1.807) is 9.36 Å². The number of carbonyl (C=O) groups is 1. The van der Waals surface area contributed by atoms with Gasteiger partial charge in [-0.1, -0.05) is 6.92 Å². The van der Waals surface area contributed by atoms with Crippen LogP contribution in [0.4, 0.5) is 5.95 Å². The number of nitrogens with one attached hydrogen (secondary N) is 1. The minimum absolute atomic E-state index is 0.376. The summed E-state index contributed by atoms with van der Waals surface area (Å²) >= 11 is 0. The average molecular weight is 302 g/mol. The van der Waals surface area contributed by atoms with E-state index in [9.17, 15) is 4.79 Å². The molecule has 3 heterocycles. The molecular formula is C14H18N6O2. The number of ether oxygens (including phenoxy) is 1. The number of aryl methyl sites for hydroxylation is 2. The number of hydrogen-bond acceptors (Lipinski definition) is 6. The molecule has 0 spiro atoms. The molecule has 22 heavy (non-hydrogen) atoms. The van der Waals surface area contributed by atoms with E-state index in [2.05, 4.69) is 20.5 Å². The molecule has 0 bridgehead atoms. The molecule has 8 nitrogen and oxygen atoms in total. The molecule has 0 radical (unpaired) electrons. The van der Waals surface area contributed by atoms with Gasteiger partial charge in [0.2, 0.25) is 5.95 Å². The van der Waals surface area contributed by atoms with Crippen LogP contribution in [-0.4, -0.2) is 37.6 Å². The number of esters is 1. The van der Waals surface area contributed by atoms with E-state index in [1.165, 1.54) is 13.4 Å². The Hall–Kier alpha value is -2.64. The van der Waals surface area contributed by atoms with Crippen molar-refractivity contribution >= 4 is 11.9 Å². The van der Waals surface area contributed by atoms with Gasteiger partial charge in [-0.15, -0.1) is 0 Å². The molecular weight excluding hydrogens is 284 g/mol. The maximum Gasteiger partial charge on any atom is 0.338 e. The van der Waals surface area contributed by atoms with Crippen molar-refractivity contribution in [2.45, 2.75) is 26.3 Å². The lowest BCUT2D eigenvalue weighted by molar-refractivity contribution is -0.136. The number of allylic oxidation sites excluding steroid dienone is 1. The van der Waals surface area contributed by atoms with Crippen LogP contribution in [0.2, 0.25) is 0 Å². The fourth-order valence-corrected chi connectivity index (χ4v) is 2.82. The lowest BCUT2D eigenvalue weighted by atomic mass is 9.95. The van der Waals surface area contributed by atoms with Crippen molar-refractivity contribution in [3.63, 3.8) is 0 Å². The van der Waals surface area contributed by atoms with E-state index in [4.69, 9.17) is 4.74 Å². The molecule has 0 unspecified atom stereocenters. The number of aromatic nitrogens is 5. The highest BCUT2D eigenvalue weighted by atomic mass is 16.5. The van der Waals surface area contributed by atoms with E-state index in [1.807, 2.05) is 27.1 Å². The van der Waals surface area contributed by atoms with Crippen LogP contribution >= 0.6 is 0 Å². The van der Waals surface area contributed by atoms with Crippen LogP contribution in [0.15, 0.2) is 23.8 Å². The summed E-state index contributed by atoms with van der Waals surface area (Å²) in [4.78, 5) is 16.6. The van der Waals surface area contributed by atoms with Crippen molar-refractivity contribution in [1.29, 1.82) is 0 Å². The second-order valence-electron chi connectivity index (χ2n) is 5.14. The van der Waals surface area contributed by atoms with Crippen molar-refractivity contribution in [3.05, 3.63) is 35.1 Å². The summed E-state index contributed by atoms with van der Waals surface area (Å²) in [6.07, 6.45) is 4.02. The molecule has 0 amide bonds. The van der Waals surface area contributed by atoms with Gasteiger partial charge in [0.15, 0.2) is 0 Å². The van der Waals surface area contributed by atoms with E-state index in [0.29, 0.717) is 17.9 Å². The molecule has 0 fully saturated rings. The molecule has 0 aliphatic carbocycles. The molecule has 8 heteroatoms. The topological polar surface area (TPSA) is 86.9 Å². The van der Waals surface area contributed by atoms with Crippen LogP contribution in [-0.2, 0) is 16.6 Å². The van der Waals surface area contributed by atoms with Gasteiger partial charge in [-0.2, -0.15) is 15.2 Å². The Balaban J connectivity index is 2.24. The quantitative estimate of drug-likeness (QED) is 0.857. The molecule has 0 aromatic carbocycles. The largest absolute Gasteiger partial charge is 0.466 e. The number of methoxy groups -OCH3 is 1. The molecule has 2 aromatic rings. The molecule has 1 aliphatic heterocycles. The van der Waals surface area contributed by atoms with Crippen molar-refractivity contribution in [2.75, 3.05) is 12.4 Å². The third-order valence-electron chi connectivity index (χ3n) is 3.78. The van der Waals surface area contributed by atoms with E-state index < -0.39 is 6.04 Å². The summed E-state index contributed by atoms with van der Waals surface area (Å²) < 4.78 is 8.40. The molecule has 0 saturated carbocycles. The first kappa shape index (κ1) is 14.3. The zero-order valence-electron chi connectivity index (χ0n) is 13.0. The van der Waals surface area contributed by atoms with Gasteiger partial charge in [0.05, 0.1) is 18.4 Å². The summed E-state index contributed by atoms with van der Waals surface area (Å²) in [5.41, 5.74) is 3.08. The minimum Gasteiger partial charge on any atom is -0.466 e. The summed E-state index contributed by atoms with van der Waals surface area (Å²) in [6, 6.07) is -0.394. The molecule has 2 aromatic heterocycles. The van der Waals surface area contributed by atoms with Crippen molar-refractivity contribution in [3.8, 4) is 0 Å². The van der Waals surface area contributed by atoms with Crippen LogP contribution in [0, 0.1) is 6.92 Å². The maximum absolute atomic E-state index is 12.4. The van der Waals surface area contributed by atoms with Crippen LogP contribution in [0.25, 0.3) is 0 Å². The second kappa shape index (κ2) is 5.28. The standard InChI is InChI=1S/C14H18N6O2/c1-5-10-11(13(21)22-4)12(9-6-19(3)18-8(9)2)20-14(17-10)15-7-16-20/h6-7,12H,5H2,1-4H3,(H,15,16,17)/t12-/m0/s1. The van der Waals surface area contributed by atoms with E-state index in [0.717, 1.165) is 17.0 Å². The van der Waals surface area contributed by atoms with Gasteiger partial charge >= 0.3 is 5.97 Å². The monoisotopic (exact) mass is 302 g/mol. The predicted molar refractivity (Wildman–Crippen MR) is 79.1 cm³/mol. The lowest BCUT2D eigenvalue weighted by Gasteiger charge is -2.28. The van der Waals surface area contributed by atoms with Crippen molar-refractivity contribution in [1.82, 2.24) is 24.5 Å². The maximum atomic E-state index is 12.4. The minimum atomic E-state index is -0.394. The Kier molecular flexibility index (Phi) is 3.44. The SMILES string of the molecule is CCC1=C(C(=O)OC)[C@H](c2cn(C)nc2C)n2ncnc2N1. The zero-order valence-corrected chi connectivity index (χ0v) is 13.0. The van der Waals surface area contributed by atoms with Gasteiger partial charge in [-0.25, -0.2) is 9.48 Å². The van der Waals surface area contributed by atoms with E-state index >= 15 is 0 Å². The fourth-order valence-electron chi connectivity index (χ4n) is 2.82. The highest BCUT2D eigenvalue weighted by molar-refractivity contribution is 5.92. The molecule has 1 aliphatic rings. The zero-order chi connectivity index (χ0) is 15.9. The van der Waals surface area contributed by atoms with Crippen molar-refractivity contribution in [2.24, 2.45) is 7.05 Å². The van der Waals surface area contributed by atoms with Gasteiger partial charge in [-0.05, 0) is 13.3 Å². The first-order valence-electron chi connectivity index (χ1n) is 7.04. The van der Waals surface area contributed by atoms with Crippen molar-refractivity contribution < 1.29 is 9.53 Å². The van der Waals surface area contributed by atoms with Crippen LogP contribution in [0.5, 0.6) is 0 Å². The van der Waals surface area contributed by atoms with Crippen LogP contribution in [0.3, 0.4) is 0 Å². The Morgan fingerprint density at radius 3 is 2.86 bits per heavy atom. The van der Waals surface area contributed by atoms with Crippen LogP contribution < -0.4 is 5.32 Å². The first-order valence-corrected chi connectivity index (χ1v) is 7.04. The number of fused-ring (bicyclic) bond motifs is 1. The highest BCUT2D eigenvalue weighted by Crippen LogP contribution is 2.36. The Bertz CT molecular complexity index is 757. The molecule has 0 saturated heterocycles. The summed E-state index contributed by atoms with van der Waals surface area (Å²) in [5, 5.41) is 11.8. The van der Waals surface area contributed by atoms with Gasteiger partial charge in [-0.3, -0.25) is 4.68 Å². The number of carbonyl (C=O) groups excluding carboxylic acids is 1. The summed E-state index contributed by atoms with van der Waals surface area (Å²) in [6.45, 7) is 3.89. The fraction of sp³-hybridized carbons (Fsp3) is 0.429. The second-order valence-corrected chi connectivity index (χ2v) is 5.14. The normalized spacial score (nSPS) is 17.2. The van der Waals surface area contributed by atoms with Crippen LogP contribution in [0.1, 0.15) is 30.6 Å². The van der Waals surface area contributed by atoms with Gasteiger partial charge in [0, 0.05) is 24.5 Å². The average Bonchev–Trinajstić information content (AvgIpc) is 3.10. The number of nitrogens with zero attached hydrogens (tertiary/aromatic N) is 5. The molecule has 3 rings (SSSR count). The third-order valence-corrected chi connectivity index (χ3v) is 3.78. The Morgan fingerprint density at radius 2 is 2.27 bits per heavy atom. The molecule has 116 valence electrons. The smallest absolute Gasteiger partial charge is 0.338 e. The van der Waals surface area contributed by atoms with Gasteiger partial charge in [0.25, 0.3) is 0 Å². The highest BCUT2D eigenvalue weighted by Gasteiger charge is 2.36. The Labute approximate surface area is 127 Å². The number of anilines is 1. The summed E-state index contributed by atoms with van der Waals surface area (Å²) in [7, 11) is 3.23. The first-order chi connectivity index (χ1) is 10.6. The number of rotatable bonds is 3. The van der Waals surface area contributed by atoms with E-state index in [-0.39, 0.29) is 5.97 Å². The lowest BCUT2D eigenvalue weighted by Crippen LogP contribution is -2.30. The van der Waals surface area contributed by atoms with Gasteiger partial charge in [0.1, 0.15) is 12.4 Å². The van der Waals surface area contributed by atoms with Gasteiger partial charge < -0.3 is 10.1 Å². The molecule has 1 N–H and O–H groups in total. The molecule has 1 atom stereocenters.